The molecule has 2 aromatic carbocycles. The first-order valence-electron chi connectivity index (χ1n) is 8.83. The van der Waals surface area contributed by atoms with Crippen molar-refractivity contribution in [3.63, 3.8) is 0 Å². The Morgan fingerprint density at radius 1 is 0.958 bits per heavy atom. The summed E-state index contributed by atoms with van der Waals surface area (Å²) in [6.45, 7) is 5.72. The van der Waals surface area contributed by atoms with Crippen LogP contribution >= 0.6 is 0 Å². The molecule has 1 fully saturated rings. The molecular formula is C22H24F2. The van der Waals surface area contributed by atoms with E-state index in [0.717, 1.165) is 5.56 Å². The molecule has 1 aliphatic carbocycles. The summed E-state index contributed by atoms with van der Waals surface area (Å²) in [5.74, 6) is -0.246. The van der Waals surface area contributed by atoms with Crippen molar-refractivity contribution in [1.29, 1.82) is 0 Å². The third-order valence-corrected chi connectivity index (χ3v) is 5.34. The van der Waals surface area contributed by atoms with Gasteiger partial charge in [0.2, 0.25) is 0 Å². The summed E-state index contributed by atoms with van der Waals surface area (Å²) in [4.78, 5) is 0. The average Bonchev–Trinajstić information content (AvgIpc) is 2.64. The van der Waals surface area contributed by atoms with E-state index in [0.29, 0.717) is 29.4 Å². The van der Waals surface area contributed by atoms with Crippen LogP contribution in [0.2, 0.25) is 0 Å². The lowest BCUT2D eigenvalue weighted by atomic mass is 9.78. The molecule has 2 aromatic rings. The van der Waals surface area contributed by atoms with Crippen LogP contribution < -0.4 is 0 Å². The Kier molecular flexibility index (Phi) is 5.13. The fraction of sp³-hybridized carbons (Fsp3) is 0.364. The van der Waals surface area contributed by atoms with Gasteiger partial charge in [-0.05, 0) is 60.6 Å². The third kappa shape index (κ3) is 3.28. The van der Waals surface area contributed by atoms with Gasteiger partial charge >= 0.3 is 0 Å². The van der Waals surface area contributed by atoms with E-state index < -0.39 is 11.6 Å². The number of aryl methyl sites for hydroxylation is 1. The maximum absolute atomic E-state index is 14.3. The van der Waals surface area contributed by atoms with Crippen LogP contribution in [0.1, 0.15) is 49.7 Å². The molecule has 3 rings (SSSR count). The van der Waals surface area contributed by atoms with Crippen molar-refractivity contribution < 1.29 is 8.78 Å². The van der Waals surface area contributed by atoms with E-state index in [1.54, 1.807) is 12.1 Å². The number of allylic oxidation sites excluding steroid dienone is 1. The summed E-state index contributed by atoms with van der Waals surface area (Å²) in [5, 5.41) is 0. The molecule has 0 bridgehead atoms. The zero-order chi connectivity index (χ0) is 17.1. The molecule has 0 heterocycles. The molecule has 0 nitrogen and oxygen atoms in total. The highest BCUT2D eigenvalue weighted by atomic mass is 19.2. The molecule has 24 heavy (non-hydrogen) atoms. The van der Waals surface area contributed by atoms with Crippen molar-refractivity contribution >= 4 is 0 Å². The Morgan fingerprint density at radius 2 is 1.62 bits per heavy atom. The second kappa shape index (κ2) is 7.29. The van der Waals surface area contributed by atoms with Gasteiger partial charge in [-0.15, -0.1) is 6.58 Å². The number of benzene rings is 2. The highest BCUT2D eigenvalue weighted by molar-refractivity contribution is 5.65. The van der Waals surface area contributed by atoms with Gasteiger partial charge in [0.15, 0.2) is 11.6 Å². The number of rotatable bonds is 4. The first kappa shape index (κ1) is 16.9. The largest absolute Gasteiger partial charge is 0.203 e. The summed E-state index contributed by atoms with van der Waals surface area (Å²) in [5.41, 5.74) is 2.79. The molecule has 1 aliphatic rings. The summed E-state index contributed by atoms with van der Waals surface area (Å²) in [6.07, 6.45) is 7.28. The first-order chi connectivity index (χ1) is 11.6. The summed E-state index contributed by atoms with van der Waals surface area (Å²) < 4.78 is 28.3. The predicted octanol–water partition coefficient (Wildman–Crippen LogP) is 6.65. The van der Waals surface area contributed by atoms with Gasteiger partial charge in [0.1, 0.15) is 0 Å². The minimum atomic E-state index is -0.742. The van der Waals surface area contributed by atoms with Crippen LogP contribution in [-0.4, -0.2) is 0 Å². The molecule has 2 heteroatoms. The van der Waals surface area contributed by atoms with Crippen LogP contribution in [0.25, 0.3) is 11.1 Å². The van der Waals surface area contributed by atoms with Gasteiger partial charge in [0, 0.05) is 5.56 Å². The van der Waals surface area contributed by atoms with E-state index in [1.165, 1.54) is 31.2 Å². The molecule has 0 spiro atoms. The van der Waals surface area contributed by atoms with E-state index in [2.05, 4.69) is 24.8 Å². The zero-order valence-electron chi connectivity index (χ0n) is 14.2. The Hall–Kier alpha value is -1.96. The van der Waals surface area contributed by atoms with Gasteiger partial charge in [-0.25, -0.2) is 8.78 Å². The Morgan fingerprint density at radius 3 is 2.21 bits per heavy atom. The molecule has 0 N–H and O–H groups in total. The highest BCUT2D eigenvalue weighted by Gasteiger charge is 2.21. The van der Waals surface area contributed by atoms with Gasteiger partial charge in [-0.1, -0.05) is 49.4 Å². The van der Waals surface area contributed by atoms with E-state index in [4.69, 9.17) is 0 Å². The average molecular weight is 326 g/mol. The van der Waals surface area contributed by atoms with Crippen LogP contribution in [-0.2, 0) is 6.42 Å². The molecule has 126 valence electrons. The minimum absolute atomic E-state index is 0.339. The minimum Gasteiger partial charge on any atom is -0.203 e. The van der Waals surface area contributed by atoms with Crippen LogP contribution in [0.15, 0.2) is 49.1 Å². The Balaban J connectivity index is 1.80. The highest BCUT2D eigenvalue weighted by Crippen LogP contribution is 2.37. The molecule has 0 unspecified atom stereocenters. The fourth-order valence-corrected chi connectivity index (χ4v) is 3.71. The summed E-state index contributed by atoms with van der Waals surface area (Å²) >= 11 is 0. The second-order valence-corrected chi connectivity index (χ2v) is 6.72. The molecule has 0 saturated heterocycles. The monoisotopic (exact) mass is 326 g/mol. The van der Waals surface area contributed by atoms with Gasteiger partial charge < -0.3 is 0 Å². The van der Waals surface area contributed by atoms with E-state index in [-0.39, 0.29) is 0 Å². The topological polar surface area (TPSA) is 0 Å². The van der Waals surface area contributed by atoms with Crippen LogP contribution in [0, 0.1) is 17.6 Å². The first-order valence-corrected chi connectivity index (χ1v) is 8.83. The predicted molar refractivity (Wildman–Crippen MR) is 96.1 cm³/mol. The molecule has 0 amide bonds. The Labute approximate surface area is 143 Å². The third-order valence-electron chi connectivity index (χ3n) is 5.34. The lowest BCUT2D eigenvalue weighted by Gasteiger charge is -2.27. The summed E-state index contributed by atoms with van der Waals surface area (Å²) in [6, 6.07) is 11.3. The normalized spacial score (nSPS) is 20.8. The van der Waals surface area contributed by atoms with Gasteiger partial charge in [-0.3, -0.25) is 0 Å². The number of hydrogen-bond acceptors (Lipinski definition) is 0. The molecule has 0 aliphatic heterocycles. The van der Waals surface area contributed by atoms with Crippen molar-refractivity contribution in [3.8, 4) is 11.1 Å². The molecule has 0 aromatic heterocycles. The van der Waals surface area contributed by atoms with Crippen molar-refractivity contribution in [3.05, 3.63) is 71.8 Å². The quantitative estimate of drug-likeness (QED) is 0.551. The van der Waals surface area contributed by atoms with Crippen LogP contribution in [0.3, 0.4) is 0 Å². The zero-order valence-corrected chi connectivity index (χ0v) is 14.2. The van der Waals surface area contributed by atoms with E-state index in [1.807, 2.05) is 19.1 Å². The summed E-state index contributed by atoms with van der Waals surface area (Å²) in [7, 11) is 0. The molecule has 0 radical (unpaired) electrons. The Bertz CT molecular complexity index is 707. The van der Waals surface area contributed by atoms with Crippen molar-refractivity contribution in [2.75, 3.05) is 0 Å². The molecular weight excluding hydrogens is 302 g/mol. The maximum atomic E-state index is 14.3. The standard InChI is InChI=1S/C22H24F2/c1-3-15-5-7-17(8-6-15)18-9-11-19(12-10-18)20-14-13-16(4-2)21(23)22(20)24/h3,9-15,17H,1,4-8H2,2H3. The van der Waals surface area contributed by atoms with Gasteiger partial charge in [-0.2, -0.15) is 0 Å². The van der Waals surface area contributed by atoms with Gasteiger partial charge in [0.25, 0.3) is 0 Å². The molecule has 0 atom stereocenters. The van der Waals surface area contributed by atoms with Crippen molar-refractivity contribution in [1.82, 2.24) is 0 Å². The smallest absolute Gasteiger partial charge is 0.166 e. The number of hydrogen-bond donors (Lipinski definition) is 0. The lowest BCUT2D eigenvalue weighted by Crippen LogP contribution is -2.11. The van der Waals surface area contributed by atoms with Gasteiger partial charge in [0.05, 0.1) is 0 Å². The maximum Gasteiger partial charge on any atom is 0.166 e. The lowest BCUT2D eigenvalue weighted by molar-refractivity contribution is 0.376. The van der Waals surface area contributed by atoms with Crippen LogP contribution in [0.5, 0.6) is 0 Å². The van der Waals surface area contributed by atoms with Crippen LogP contribution in [0.4, 0.5) is 8.78 Å². The van der Waals surface area contributed by atoms with Crippen molar-refractivity contribution in [2.24, 2.45) is 5.92 Å². The number of halogens is 2. The molecule has 1 saturated carbocycles. The second-order valence-electron chi connectivity index (χ2n) is 6.72. The van der Waals surface area contributed by atoms with E-state index in [9.17, 15) is 8.78 Å². The van der Waals surface area contributed by atoms with Crippen molar-refractivity contribution in [2.45, 2.75) is 44.9 Å². The SMILES string of the molecule is C=CC1CCC(c2ccc(-c3ccc(CC)c(F)c3F)cc2)CC1. The fourth-order valence-electron chi connectivity index (χ4n) is 3.71. The van der Waals surface area contributed by atoms with E-state index >= 15 is 0 Å².